The van der Waals surface area contributed by atoms with Gasteiger partial charge in [0.05, 0.1) is 5.69 Å². The molecule has 7 heteroatoms. The van der Waals surface area contributed by atoms with Crippen molar-refractivity contribution in [2.24, 2.45) is 10.9 Å². The van der Waals surface area contributed by atoms with Crippen molar-refractivity contribution in [2.75, 3.05) is 31.6 Å². The van der Waals surface area contributed by atoms with E-state index in [1.54, 1.807) is 0 Å². The summed E-state index contributed by atoms with van der Waals surface area (Å²) in [5, 5.41) is 11.1. The Morgan fingerprint density at radius 1 is 1.21 bits per heavy atom. The Bertz CT molecular complexity index is 725. The van der Waals surface area contributed by atoms with Crippen LogP contribution in [0.2, 0.25) is 0 Å². The average molecular weight is 497 g/mol. The van der Waals surface area contributed by atoms with Crippen LogP contribution < -0.4 is 15.5 Å². The third-order valence-corrected chi connectivity index (χ3v) is 5.23. The minimum absolute atomic E-state index is 0. The monoisotopic (exact) mass is 497 g/mol. The van der Waals surface area contributed by atoms with Gasteiger partial charge in [-0.05, 0) is 30.9 Å². The highest BCUT2D eigenvalue weighted by atomic mass is 127. The van der Waals surface area contributed by atoms with E-state index in [4.69, 9.17) is 4.52 Å². The number of aliphatic imine (C=N–C) groups is 1. The predicted octanol–water partition coefficient (Wildman–Crippen LogP) is 3.61. The average Bonchev–Trinajstić information content (AvgIpc) is 3.35. The van der Waals surface area contributed by atoms with E-state index in [1.165, 1.54) is 17.7 Å². The topological polar surface area (TPSA) is 65.7 Å². The summed E-state index contributed by atoms with van der Waals surface area (Å²) in [4.78, 5) is 6.83. The maximum Gasteiger partial charge on any atom is 0.191 e. The van der Waals surface area contributed by atoms with Crippen LogP contribution in [0.4, 0.5) is 5.69 Å². The van der Waals surface area contributed by atoms with Crippen molar-refractivity contribution < 1.29 is 4.52 Å². The van der Waals surface area contributed by atoms with E-state index in [9.17, 15) is 0 Å². The van der Waals surface area contributed by atoms with Gasteiger partial charge in [0.25, 0.3) is 0 Å². The number of guanidine groups is 1. The molecule has 1 aliphatic heterocycles. The van der Waals surface area contributed by atoms with E-state index in [1.807, 2.05) is 7.05 Å². The largest absolute Gasteiger partial charge is 0.371 e. The van der Waals surface area contributed by atoms with E-state index in [-0.39, 0.29) is 24.0 Å². The summed E-state index contributed by atoms with van der Waals surface area (Å²) in [6.07, 6.45) is 2.93. The van der Waals surface area contributed by atoms with E-state index in [2.05, 4.69) is 69.9 Å². The highest BCUT2D eigenvalue weighted by Gasteiger charge is 2.22. The van der Waals surface area contributed by atoms with Gasteiger partial charge in [0.15, 0.2) is 5.96 Å². The van der Waals surface area contributed by atoms with Gasteiger partial charge in [-0.25, -0.2) is 0 Å². The molecule has 3 rings (SSSR count). The fraction of sp³-hybridized carbons (Fsp3) is 0.524. The summed E-state index contributed by atoms with van der Waals surface area (Å²) in [6.45, 7) is 8.01. The lowest BCUT2D eigenvalue weighted by Crippen LogP contribution is -2.40. The number of halogens is 1. The molecule has 154 valence electrons. The van der Waals surface area contributed by atoms with Crippen LogP contribution in [0.25, 0.3) is 0 Å². The highest BCUT2D eigenvalue weighted by molar-refractivity contribution is 14.0. The number of aryl methyl sites for hydroxylation is 2. The lowest BCUT2D eigenvalue weighted by molar-refractivity contribution is 0.380. The Morgan fingerprint density at radius 2 is 2.00 bits per heavy atom. The van der Waals surface area contributed by atoms with Crippen molar-refractivity contribution in [2.45, 2.75) is 39.7 Å². The van der Waals surface area contributed by atoms with Gasteiger partial charge in [-0.1, -0.05) is 37.2 Å². The number of aromatic nitrogens is 1. The molecule has 0 aliphatic carbocycles. The predicted molar refractivity (Wildman–Crippen MR) is 126 cm³/mol. The van der Waals surface area contributed by atoms with Crippen LogP contribution in [-0.4, -0.2) is 37.8 Å². The third kappa shape index (κ3) is 5.62. The number of rotatable bonds is 7. The Balaban J connectivity index is 0.00000280. The lowest BCUT2D eigenvalue weighted by Gasteiger charge is -2.19. The molecule has 1 saturated heterocycles. The first-order valence-corrected chi connectivity index (χ1v) is 9.95. The lowest BCUT2D eigenvalue weighted by atomic mass is 10.1. The second-order valence-corrected chi connectivity index (χ2v) is 6.98. The number of hydrogen-bond donors (Lipinski definition) is 2. The fourth-order valence-electron chi connectivity index (χ4n) is 3.64. The highest BCUT2D eigenvalue weighted by Crippen LogP contribution is 2.23. The second kappa shape index (κ2) is 11.3. The molecule has 1 unspecified atom stereocenters. The molecule has 28 heavy (non-hydrogen) atoms. The Labute approximate surface area is 185 Å². The van der Waals surface area contributed by atoms with E-state index < -0.39 is 0 Å². The summed E-state index contributed by atoms with van der Waals surface area (Å²) in [5.41, 5.74) is 3.51. The summed E-state index contributed by atoms with van der Waals surface area (Å²) in [7, 11) is 1.81. The molecule has 1 atom stereocenters. The van der Waals surface area contributed by atoms with Crippen molar-refractivity contribution in [3.8, 4) is 0 Å². The molecule has 2 N–H and O–H groups in total. The molecule has 0 spiro atoms. The number of nitrogens with zero attached hydrogens (tertiary/aromatic N) is 3. The van der Waals surface area contributed by atoms with Gasteiger partial charge in [-0.3, -0.25) is 4.99 Å². The first-order chi connectivity index (χ1) is 13.2. The first-order valence-electron chi connectivity index (χ1n) is 9.95. The number of para-hydroxylation sites is 1. The van der Waals surface area contributed by atoms with Crippen LogP contribution in [0.15, 0.2) is 39.8 Å². The molecule has 2 aromatic rings. The Morgan fingerprint density at radius 3 is 2.68 bits per heavy atom. The van der Waals surface area contributed by atoms with Crippen LogP contribution in [0.1, 0.15) is 37.3 Å². The summed E-state index contributed by atoms with van der Waals surface area (Å²) in [5.74, 6) is 2.42. The van der Waals surface area contributed by atoms with Crippen LogP contribution in [-0.2, 0) is 19.4 Å². The zero-order valence-corrected chi connectivity index (χ0v) is 19.4. The summed E-state index contributed by atoms with van der Waals surface area (Å²) < 4.78 is 5.44. The molecule has 1 aliphatic rings. The number of benzene rings is 1. The van der Waals surface area contributed by atoms with Crippen molar-refractivity contribution in [1.82, 2.24) is 15.8 Å². The summed E-state index contributed by atoms with van der Waals surface area (Å²) in [6, 6.07) is 10.6. The van der Waals surface area contributed by atoms with Gasteiger partial charge in [-0.2, -0.15) is 0 Å². The molecule has 1 fully saturated rings. The molecule has 0 saturated carbocycles. The third-order valence-electron chi connectivity index (χ3n) is 5.23. The Kier molecular flexibility index (Phi) is 9.08. The van der Waals surface area contributed by atoms with Crippen LogP contribution in [0.5, 0.6) is 0 Å². The van der Waals surface area contributed by atoms with Crippen molar-refractivity contribution >= 4 is 35.6 Å². The van der Waals surface area contributed by atoms with Gasteiger partial charge in [0.1, 0.15) is 5.76 Å². The molecular formula is C21H32IN5O. The normalized spacial score (nSPS) is 16.8. The minimum Gasteiger partial charge on any atom is -0.371 e. The number of nitrogens with one attached hydrogen (secondary N) is 2. The fourth-order valence-corrected chi connectivity index (χ4v) is 3.64. The van der Waals surface area contributed by atoms with Crippen LogP contribution >= 0.6 is 24.0 Å². The van der Waals surface area contributed by atoms with Crippen LogP contribution in [0.3, 0.4) is 0 Å². The van der Waals surface area contributed by atoms with Gasteiger partial charge >= 0.3 is 0 Å². The molecule has 1 aromatic heterocycles. The van der Waals surface area contributed by atoms with Crippen LogP contribution in [0, 0.1) is 5.92 Å². The maximum absolute atomic E-state index is 5.44. The Hall–Kier alpha value is -1.77. The van der Waals surface area contributed by atoms with Gasteiger partial charge in [0, 0.05) is 50.9 Å². The second-order valence-electron chi connectivity index (χ2n) is 6.98. The summed E-state index contributed by atoms with van der Waals surface area (Å²) >= 11 is 0. The molecule has 0 bridgehead atoms. The molecule has 6 nitrogen and oxygen atoms in total. The van der Waals surface area contributed by atoms with Gasteiger partial charge in [0.2, 0.25) is 0 Å². The van der Waals surface area contributed by atoms with E-state index >= 15 is 0 Å². The van der Waals surface area contributed by atoms with Crippen molar-refractivity contribution in [3.63, 3.8) is 0 Å². The van der Waals surface area contributed by atoms with Gasteiger partial charge in [-0.15, -0.1) is 24.0 Å². The quantitative estimate of drug-likeness (QED) is 0.348. The van der Waals surface area contributed by atoms with Gasteiger partial charge < -0.3 is 20.1 Å². The van der Waals surface area contributed by atoms with Crippen molar-refractivity contribution in [1.29, 1.82) is 0 Å². The smallest absolute Gasteiger partial charge is 0.191 e. The molecule has 1 aromatic carbocycles. The molecule has 2 heterocycles. The SMILES string of the molecule is CCc1noc(CC)c1CNC(=NC)NCC1CCN(c2ccccc2)C1.I. The molecule has 0 radical (unpaired) electrons. The zero-order chi connectivity index (χ0) is 19.1. The minimum atomic E-state index is 0. The number of anilines is 1. The standard InChI is InChI=1S/C21H31N5O.HI/c1-4-19-18(20(5-2)27-25-19)14-24-21(22-3)23-13-16-11-12-26(15-16)17-9-7-6-8-10-17;/h6-10,16H,4-5,11-15H2,1-3H3,(H2,22,23,24);1H. The number of hydrogen-bond acceptors (Lipinski definition) is 4. The first kappa shape index (κ1) is 22.5. The molecule has 0 amide bonds. The maximum atomic E-state index is 5.44. The van der Waals surface area contributed by atoms with E-state index in [0.29, 0.717) is 12.5 Å². The zero-order valence-electron chi connectivity index (χ0n) is 17.1. The van der Waals surface area contributed by atoms with Crippen molar-refractivity contribution in [3.05, 3.63) is 47.3 Å². The molecular weight excluding hydrogens is 465 g/mol. The van der Waals surface area contributed by atoms with E-state index in [0.717, 1.165) is 49.9 Å².